The van der Waals surface area contributed by atoms with Crippen LogP contribution in [0.2, 0.25) is 0 Å². The zero-order valence-corrected chi connectivity index (χ0v) is 14.9. The summed E-state index contributed by atoms with van der Waals surface area (Å²) in [6.07, 6.45) is 2.74. The Labute approximate surface area is 157 Å². The SMILES string of the molecule is CCN(CC1COc2ccccc2O1)C(=O)/C=C/c1cccc([N+](=O)[O-])c1. The second-order valence-electron chi connectivity index (χ2n) is 6.06. The normalized spacial score (nSPS) is 15.5. The number of non-ortho nitro benzene ring substituents is 1. The fourth-order valence-electron chi connectivity index (χ4n) is 2.79. The first-order valence-corrected chi connectivity index (χ1v) is 8.66. The van der Waals surface area contributed by atoms with Crippen LogP contribution in [-0.4, -0.2) is 41.5 Å². The number of carbonyl (C=O) groups is 1. The quantitative estimate of drug-likeness (QED) is 0.444. The second kappa shape index (κ2) is 8.35. The molecule has 0 radical (unpaired) electrons. The van der Waals surface area contributed by atoms with E-state index in [2.05, 4.69) is 0 Å². The van der Waals surface area contributed by atoms with E-state index in [0.29, 0.717) is 36.8 Å². The number of fused-ring (bicyclic) bond motifs is 1. The van der Waals surface area contributed by atoms with Gasteiger partial charge in [0.1, 0.15) is 6.61 Å². The minimum Gasteiger partial charge on any atom is -0.486 e. The summed E-state index contributed by atoms with van der Waals surface area (Å²) in [4.78, 5) is 24.5. The second-order valence-corrected chi connectivity index (χ2v) is 6.06. The van der Waals surface area contributed by atoms with Gasteiger partial charge in [-0.05, 0) is 30.7 Å². The molecule has 1 aliphatic rings. The van der Waals surface area contributed by atoms with Crippen LogP contribution in [-0.2, 0) is 4.79 Å². The van der Waals surface area contributed by atoms with Crippen LogP contribution in [0.3, 0.4) is 0 Å². The minimum absolute atomic E-state index is 0.0108. The molecular formula is C20H20N2O5. The van der Waals surface area contributed by atoms with E-state index in [4.69, 9.17) is 9.47 Å². The van der Waals surface area contributed by atoms with Crippen molar-refractivity contribution in [3.63, 3.8) is 0 Å². The number of rotatable bonds is 6. The van der Waals surface area contributed by atoms with Gasteiger partial charge >= 0.3 is 0 Å². The molecule has 0 fully saturated rings. The van der Waals surface area contributed by atoms with Crippen molar-refractivity contribution < 1.29 is 19.2 Å². The van der Waals surface area contributed by atoms with Crippen LogP contribution in [0, 0.1) is 10.1 Å². The third-order valence-corrected chi connectivity index (χ3v) is 4.18. The van der Waals surface area contributed by atoms with Crippen molar-refractivity contribution in [2.75, 3.05) is 19.7 Å². The molecule has 1 heterocycles. The zero-order valence-electron chi connectivity index (χ0n) is 14.9. The Bertz CT molecular complexity index is 865. The Hall–Kier alpha value is -3.35. The van der Waals surface area contributed by atoms with Crippen LogP contribution in [0.5, 0.6) is 11.5 Å². The van der Waals surface area contributed by atoms with Gasteiger partial charge in [-0.3, -0.25) is 14.9 Å². The van der Waals surface area contributed by atoms with Gasteiger partial charge < -0.3 is 14.4 Å². The first-order chi connectivity index (χ1) is 13.1. The van der Waals surface area contributed by atoms with Crippen LogP contribution in [0.25, 0.3) is 6.08 Å². The summed E-state index contributed by atoms with van der Waals surface area (Å²) >= 11 is 0. The third kappa shape index (κ3) is 4.63. The molecule has 0 N–H and O–H groups in total. The summed E-state index contributed by atoms with van der Waals surface area (Å²) in [5.41, 5.74) is 0.586. The molecule has 27 heavy (non-hydrogen) atoms. The van der Waals surface area contributed by atoms with Gasteiger partial charge in [0.05, 0.1) is 11.5 Å². The predicted octanol–water partition coefficient (Wildman–Crippen LogP) is 3.30. The lowest BCUT2D eigenvalue weighted by atomic mass is 10.2. The molecule has 7 nitrogen and oxygen atoms in total. The largest absolute Gasteiger partial charge is 0.486 e. The summed E-state index contributed by atoms with van der Waals surface area (Å²) in [6.45, 7) is 3.16. The number of benzene rings is 2. The highest BCUT2D eigenvalue weighted by Gasteiger charge is 2.24. The van der Waals surface area contributed by atoms with Crippen molar-refractivity contribution in [1.29, 1.82) is 0 Å². The average molecular weight is 368 g/mol. The van der Waals surface area contributed by atoms with Crippen molar-refractivity contribution in [2.45, 2.75) is 13.0 Å². The van der Waals surface area contributed by atoms with E-state index in [0.717, 1.165) is 0 Å². The molecule has 1 aliphatic heterocycles. The number of nitro groups is 1. The van der Waals surface area contributed by atoms with Crippen LogP contribution < -0.4 is 9.47 Å². The van der Waals surface area contributed by atoms with Gasteiger partial charge in [0, 0.05) is 24.8 Å². The van der Waals surface area contributed by atoms with Crippen molar-refractivity contribution >= 4 is 17.7 Å². The molecule has 7 heteroatoms. The molecule has 1 amide bonds. The van der Waals surface area contributed by atoms with Gasteiger partial charge in [0.15, 0.2) is 17.6 Å². The van der Waals surface area contributed by atoms with E-state index in [1.807, 2.05) is 31.2 Å². The molecule has 0 bridgehead atoms. The number of amides is 1. The molecule has 2 aromatic rings. The molecule has 140 valence electrons. The smallest absolute Gasteiger partial charge is 0.270 e. The average Bonchev–Trinajstić information content (AvgIpc) is 2.70. The Balaban J connectivity index is 1.63. The molecule has 0 saturated carbocycles. The van der Waals surface area contributed by atoms with Crippen LogP contribution in [0.4, 0.5) is 5.69 Å². The van der Waals surface area contributed by atoms with Gasteiger partial charge in [-0.15, -0.1) is 0 Å². The molecule has 1 atom stereocenters. The first kappa shape index (κ1) is 18.4. The first-order valence-electron chi connectivity index (χ1n) is 8.66. The number of ether oxygens (including phenoxy) is 2. The van der Waals surface area contributed by atoms with Gasteiger partial charge in [-0.25, -0.2) is 0 Å². The standard InChI is InChI=1S/C20H20N2O5/c1-2-21(13-17-14-26-18-8-3-4-9-19(18)27-17)20(23)11-10-15-6-5-7-16(12-15)22(24)25/h3-12,17H,2,13-14H2,1H3/b11-10+. The van der Waals surface area contributed by atoms with Crippen molar-refractivity contribution in [1.82, 2.24) is 4.90 Å². The Morgan fingerprint density at radius 2 is 2.04 bits per heavy atom. The van der Waals surface area contributed by atoms with E-state index >= 15 is 0 Å². The Kier molecular flexibility index (Phi) is 5.71. The molecule has 2 aromatic carbocycles. The highest BCUT2D eigenvalue weighted by Crippen LogP contribution is 2.31. The lowest BCUT2D eigenvalue weighted by Gasteiger charge is -2.30. The van der Waals surface area contributed by atoms with E-state index < -0.39 is 4.92 Å². The number of hydrogen-bond donors (Lipinski definition) is 0. The zero-order chi connectivity index (χ0) is 19.2. The summed E-state index contributed by atoms with van der Waals surface area (Å²) < 4.78 is 11.6. The maximum atomic E-state index is 12.5. The lowest BCUT2D eigenvalue weighted by Crippen LogP contribution is -2.43. The number of likely N-dealkylation sites (N-methyl/N-ethyl adjacent to an activating group) is 1. The van der Waals surface area contributed by atoms with E-state index in [-0.39, 0.29) is 17.7 Å². The monoisotopic (exact) mass is 368 g/mol. The summed E-state index contributed by atoms with van der Waals surface area (Å²) in [6, 6.07) is 13.6. The summed E-state index contributed by atoms with van der Waals surface area (Å²) in [7, 11) is 0. The topological polar surface area (TPSA) is 81.9 Å². The van der Waals surface area contributed by atoms with E-state index in [1.54, 1.807) is 23.1 Å². The number of hydrogen-bond acceptors (Lipinski definition) is 5. The number of nitrogens with zero attached hydrogens (tertiary/aromatic N) is 2. The van der Waals surface area contributed by atoms with Gasteiger partial charge in [-0.2, -0.15) is 0 Å². The highest BCUT2D eigenvalue weighted by atomic mass is 16.6. The van der Waals surface area contributed by atoms with Crippen LogP contribution in [0.1, 0.15) is 12.5 Å². The maximum absolute atomic E-state index is 12.5. The van der Waals surface area contributed by atoms with Crippen molar-refractivity contribution in [3.8, 4) is 11.5 Å². The number of nitro benzene ring substituents is 1. The number of para-hydroxylation sites is 2. The van der Waals surface area contributed by atoms with Crippen LogP contribution >= 0.6 is 0 Å². The summed E-state index contributed by atoms with van der Waals surface area (Å²) in [5, 5.41) is 10.8. The molecule has 0 saturated heterocycles. The maximum Gasteiger partial charge on any atom is 0.270 e. The molecule has 1 unspecified atom stereocenters. The number of carbonyl (C=O) groups excluding carboxylic acids is 1. The fraction of sp³-hybridized carbons (Fsp3) is 0.250. The molecule has 3 rings (SSSR count). The predicted molar refractivity (Wildman–Crippen MR) is 101 cm³/mol. The van der Waals surface area contributed by atoms with E-state index in [9.17, 15) is 14.9 Å². The molecule has 0 aromatic heterocycles. The molecule has 0 spiro atoms. The van der Waals surface area contributed by atoms with E-state index in [1.165, 1.54) is 18.2 Å². The Morgan fingerprint density at radius 1 is 1.26 bits per heavy atom. The lowest BCUT2D eigenvalue weighted by molar-refractivity contribution is -0.384. The van der Waals surface area contributed by atoms with Gasteiger partial charge in [0.2, 0.25) is 5.91 Å². The fourth-order valence-corrected chi connectivity index (χ4v) is 2.79. The minimum atomic E-state index is -0.463. The van der Waals surface area contributed by atoms with Crippen molar-refractivity contribution in [3.05, 3.63) is 70.3 Å². The van der Waals surface area contributed by atoms with Crippen molar-refractivity contribution in [2.24, 2.45) is 0 Å². The third-order valence-electron chi connectivity index (χ3n) is 4.18. The highest BCUT2D eigenvalue weighted by molar-refractivity contribution is 5.91. The Morgan fingerprint density at radius 3 is 2.78 bits per heavy atom. The molecular weight excluding hydrogens is 348 g/mol. The van der Waals surface area contributed by atoms with Gasteiger partial charge in [-0.1, -0.05) is 24.3 Å². The van der Waals surface area contributed by atoms with Crippen LogP contribution in [0.15, 0.2) is 54.6 Å². The summed E-state index contributed by atoms with van der Waals surface area (Å²) in [5.74, 6) is 1.18. The van der Waals surface area contributed by atoms with Gasteiger partial charge in [0.25, 0.3) is 5.69 Å². The molecule has 0 aliphatic carbocycles.